The van der Waals surface area contributed by atoms with Crippen LogP contribution in [0.5, 0.6) is 5.75 Å². The van der Waals surface area contributed by atoms with Gasteiger partial charge in [0.15, 0.2) is 0 Å². The third kappa shape index (κ3) is 2.48. The van der Waals surface area contributed by atoms with Crippen LogP contribution in [0.3, 0.4) is 0 Å². The van der Waals surface area contributed by atoms with Crippen LogP contribution in [0, 0.1) is 0 Å². The molecule has 1 aromatic carbocycles. The SMILES string of the molecule is COc1ccc(-c2c3c(nc4sc5c(c24)CCCC5)[C@@H](C)CCC3)cc1. The maximum Gasteiger partial charge on any atom is 0.124 e. The van der Waals surface area contributed by atoms with Crippen molar-refractivity contribution in [2.45, 2.75) is 57.8 Å². The molecule has 2 nitrogen and oxygen atoms in total. The lowest BCUT2D eigenvalue weighted by Crippen LogP contribution is -2.11. The number of pyridine rings is 1. The van der Waals surface area contributed by atoms with E-state index in [-0.39, 0.29) is 0 Å². The summed E-state index contributed by atoms with van der Waals surface area (Å²) in [5.41, 5.74) is 7.25. The largest absolute Gasteiger partial charge is 0.497 e. The van der Waals surface area contributed by atoms with Gasteiger partial charge in [0.05, 0.1) is 7.11 Å². The number of ether oxygens (including phenoxy) is 1. The molecule has 0 saturated heterocycles. The van der Waals surface area contributed by atoms with E-state index in [1.807, 2.05) is 11.3 Å². The van der Waals surface area contributed by atoms with Gasteiger partial charge in [-0.1, -0.05) is 19.1 Å². The molecule has 1 atom stereocenters. The molecule has 2 heterocycles. The van der Waals surface area contributed by atoms with E-state index in [9.17, 15) is 0 Å². The summed E-state index contributed by atoms with van der Waals surface area (Å²) in [5.74, 6) is 1.49. The van der Waals surface area contributed by atoms with E-state index in [1.54, 1.807) is 17.6 Å². The molecule has 0 unspecified atom stereocenters. The first-order chi connectivity index (χ1) is 12.8. The number of aromatic nitrogens is 1. The predicted octanol–water partition coefficient (Wildman–Crippen LogP) is 6.29. The summed E-state index contributed by atoms with van der Waals surface area (Å²) in [4.78, 5) is 8.08. The zero-order chi connectivity index (χ0) is 17.7. The van der Waals surface area contributed by atoms with Gasteiger partial charge in [-0.15, -0.1) is 11.3 Å². The molecule has 0 saturated carbocycles. The number of rotatable bonds is 2. The standard InChI is InChI=1S/C23H25NOS/c1-14-6-5-8-18-20(15-10-12-16(25-2)13-11-15)21-17-7-3-4-9-19(17)26-23(21)24-22(14)18/h10-14H,3-9H2,1-2H3/t14-/m0/s1. The molecule has 0 fully saturated rings. The Morgan fingerprint density at radius 2 is 1.77 bits per heavy atom. The molecule has 134 valence electrons. The highest BCUT2D eigenvalue weighted by atomic mass is 32.1. The van der Waals surface area contributed by atoms with Gasteiger partial charge in [-0.2, -0.15) is 0 Å². The Hall–Kier alpha value is -1.87. The third-order valence-corrected chi connectivity index (χ3v) is 7.33. The fourth-order valence-electron chi connectivity index (χ4n) is 4.80. The Labute approximate surface area is 159 Å². The van der Waals surface area contributed by atoms with Crippen molar-refractivity contribution in [2.75, 3.05) is 7.11 Å². The number of hydrogen-bond donors (Lipinski definition) is 0. The molecule has 0 aliphatic heterocycles. The van der Waals surface area contributed by atoms with E-state index in [0.29, 0.717) is 5.92 Å². The number of benzene rings is 1. The highest BCUT2D eigenvalue weighted by Crippen LogP contribution is 2.46. The van der Waals surface area contributed by atoms with Crippen molar-refractivity contribution in [1.29, 1.82) is 0 Å². The van der Waals surface area contributed by atoms with Crippen LogP contribution in [0.25, 0.3) is 21.3 Å². The van der Waals surface area contributed by atoms with Gasteiger partial charge in [-0.25, -0.2) is 4.98 Å². The van der Waals surface area contributed by atoms with Crippen molar-refractivity contribution in [3.05, 3.63) is 46.0 Å². The lowest BCUT2D eigenvalue weighted by Gasteiger charge is -2.25. The smallest absolute Gasteiger partial charge is 0.124 e. The molecule has 5 rings (SSSR count). The molecule has 3 heteroatoms. The Morgan fingerprint density at radius 3 is 2.58 bits per heavy atom. The van der Waals surface area contributed by atoms with E-state index < -0.39 is 0 Å². The van der Waals surface area contributed by atoms with Crippen LogP contribution >= 0.6 is 11.3 Å². The number of thiophene rings is 1. The van der Waals surface area contributed by atoms with Crippen LogP contribution in [0.2, 0.25) is 0 Å². The van der Waals surface area contributed by atoms with Crippen molar-refractivity contribution >= 4 is 21.6 Å². The molecule has 0 bridgehead atoms. The molecule has 0 N–H and O–H groups in total. The summed E-state index contributed by atoms with van der Waals surface area (Å²) >= 11 is 1.96. The van der Waals surface area contributed by atoms with Crippen LogP contribution in [0.1, 0.15) is 60.2 Å². The third-order valence-electron chi connectivity index (χ3n) is 6.15. The highest BCUT2D eigenvalue weighted by Gasteiger charge is 2.27. The highest BCUT2D eigenvalue weighted by molar-refractivity contribution is 7.19. The van der Waals surface area contributed by atoms with Crippen molar-refractivity contribution in [1.82, 2.24) is 4.98 Å². The molecule has 0 spiro atoms. The minimum atomic E-state index is 0.569. The zero-order valence-corrected chi connectivity index (χ0v) is 16.4. The van der Waals surface area contributed by atoms with Crippen molar-refractivity contribution in [3.63, 3.8) is 0 Å². The first-order valence-corrected chi connectivity index (χ1v) is 10.7. The molecular weight excluding hydrogens is 338 g/mol. The van der Waals surface area contributed by atoms with E-state index in [2.05, 4.69) is 31.2 Å². The minimum absolute atomic E-state index is 0.569. The lowest BCUT2D eigenvalue weighted by molar-refractivity contribution is 0.415. The molecule has 0 amide bonds. The Kier molecular flexibility index (Phi) is 4.00. The minimum Gasteiger partial charge on any atom is -0.497 e. The van der Waals surface area contributed by atoms with E-state index in [4.69, 9.17) is 9.72 Å². The molecule has 26 heavy (non-hydrogen) atoms. The van der Waals surface area contributed by atoms with Crippen LogP contribution in [0.15, 0.2) is 24.3 Å². The Morgan fingerprint density at radius 1 is 1.00 bits per heavy atom. The molecule has 3 aromatic rings. The quantitative estimate of drug-likeness (QED) is 0.534. The van der Waals surface area contributed by atoms with Gasteiger partial charge < -0.3 is 4.74 Å². The summed E-state index contributed by atoms with van der Waals surface area (Å²) in [6.45, 7) is 2.35. The van der Waals surface area contributed by atoms with Gasteiger partial charge in [-0.05, 0) is 85.3 Å². The summed E-state index contributed by atoms with van der Waals surface area (Å²) in [7, 11) is 1.73. The van der Waals surface area contributed by atoms with Crippen molar-refractivity contribution in [3.8, 4) is 16.9 Å². The lowest BCUT2D eigenvalue weighted by atomic mass is 9.81. The fourth-order valence-corrected chi connectivity index (χ4v) is 6.08. The number of fused-ring (bicyclic) bond motifs is 4. The summed E-state index contributed by atoms with van der Waals surface area (Å²) in [6, 6.07) is 8.66. The van der Waals surface area contributed by atoms with Gasteiger partial charge in [0.2, 0.25) is 0 Å². The average molecular weight is 364 g/mol. The normalized spacial score (nSPS) is 19.2. The van der Waals surface area contributed by atoms with Crippen LogP contribution in [-0.2, 0) is 19.3 Å². The van der Waals surface area contributed by atoms with Crippen molar-refractivity contribution < 1.29 is 4.74 Å². The Balaban J connectivity index is 1.84. The fraction of sp³-hybridized carbons (Fsp3) is 0.435. The topological polar surface area (TPSA) is 22.1 Å². The zero-order valence-electron chi connectivity index (χ0n) is 15.6. The monoisotopic (exact) mass is 363 g/mol. The number of nitrogens with zero attached hydrogens (tertiary/aromatic N) is 1. The molecule has 2 aliphatic rings. The van der Waals surface area contributed by atoms with E-state index in [1.165, 1.54) is 71.1 Å². The second-order valence-electron chi connectivity index (χ2n) is 7.76. The van der Waals surface area contributed by atoms with Crippen molar-refractivity contribution in [2.24, 2.45) is 0 Å². The second kappa shape index (κ2) is 6.38. The number of methoxy groups -OCH3 is 1. The van der Waals surface area contributed by atoms with Gasteiger partial charge >= 0.3 is 0 Å². The summed E-state index contributed by atoms with van der Waals surface area (Å²) in [5, 5.41) is 1.46. The van der Waals surface area contributed by atoms with Gasteiger partial charge in [0, 0.05) is 16.0 Å². The average Bonchev–Trinajstić information content (AvgIpc) is 3.05. The maximum atomic E-state index is 5.39. The molecule has 2 aromatic heterocycles. The first-order valence-electron chi connectivity index (χ1n) is 9.87. The van der Waals surface area contributed by atoms with Gasteiger partial charge in [0.1, 0.15) is 10.6 Å². The van der Waals surface area contributed by atoms with Crippen LogP contribution in [0.4, 0.5) is 0 Å². The summed E-state index contributed by atoms with van der Waals surface area (Å²) in [6.07, 6.45) is 8.79. The van der Waals surface area contributed by atoms with E-state index in [0.717, 1.165) is 12.2 Å². The van der Waals surface area contributed by atoms with Gasteiger partial charge in [-0.3, -0.25) is 0 Å². The predicted molar refractivity (Wildman–Crippen MR) is 110 cm³/mol. The van der Waals surface area contributed by atoms with Crippen LogP contribution < -0.4 is 4.74 Å². The number of hydrogen-bond acceptors (Lipinski definition) is 3. The number of aryl methyl sites for hydroxylation is 2. The molecule has 2 aliphatic carbocycles. The Bertz CT molecular complexity index is 970. The summed E-state index contributed by atoms with van der Waals surface area (Å²) < 4.78 is 5.39. The second-order valence-corrected chi connectivity index (χ2v) is 8.85. The van der Waals surface area contributed by atoms with Crippen LogP contribution in [-0.4, -0.2) is 12.1 Å². The molecule has 0 radical (unpaired) electrons. The maximum absolute atomic E-state index is 5.39. The van der Waals surface area contributed by atoms with E-state index >= 15 is 0 Å². The first kappa shape index (κ1) is 16.3. The van der Waals surface area contributed by atoms with Gasteiger partial charge in [0.25, 0.3) is 0 Å². The molecular formula is C23H25NOS.